The second kappa shape index (κ2) is 9.03. The van der Waals surface area contributed by atoms with E-state index in [1.165, 1.54) is 11.3 Å². The average molecular weight is 459 g/mol. The molecule has 1 unspecified atom stereocenters. The van der Waals surface area contributed by atoms with Gasteiger partial charge in [-0.25, -0.2) is 0 Å². The molecule has 0 aliphatic heterocycles. The van der Waals surface area contributed by atoms with Crippen molar-refractivity contribution in [3.63, 3.8) is 0 Å². The van der Waals surface area contributed by atoms with Gasteiger partial charge in [0.1, 0.15) is 11.8 Å². The van der Waals surface area contributed by atoms with Crippen LogP contribution in [0.4, 0.5) is 0 Å². The summed E-state index contributed by atoms with van der Waals surface area (Å²) < 4.78 is 0.866. The Morgan fingerprint density at radius 3 is 2.18 bits per heavy atom. The highest BCUT2D eigenvalue weighted by Crippen LogP contribution is 2.23. The molecule has 0 aliphatic carbocycles. The van der Waals surface area contributed by atoms with Crippen LogP contribution in [0.25, 0.3) is 11.1 Å². The lowest BCUT2D eigenvalue weighted by Crippen LogP contribution is -2.44. The van der Waals surface area contributed by atoms with Crippen LogP contribution in [-0.4, -0.2) is 23.0 Å². The fourth-order valence-corrected chi connectivity index (χ4v) is 3.87. The second-order valence-electron chi connectivity index (χ2n) is 6.26. The molecule has 7 heteroatoms. The fraction of sp³-hybridized carbons (Fsp3) is 0.143. The molecule has 1 heterocycles. The van der Waals surface area contributed by atoms with Crippen molar-refractivity contribution >= 4 is 39.1 Å². The number of nitrogens with one attached hydrogen (secondary N) is 2. The first kappa shape index (κ1) is 20.1. The van der Waals surface area contributed by atoms with Gasteiger partial charge < -0.3 is 15.7 Å². The number of carbonyl (C=O) groups excluding carboxylic acids is 2. The summed E-state index contributed by atoms with van der Waals surface area (Å²) in [6.45, 7) is 2.03. The zero-order chi connectivity index (χ0) is 20.1. The molecule has 1 aromatic heterocycles. The van der Waals surface area contributed by atoms with Crippen LogP contribution in [0.1, 0.15) is 22.2 Å². The molecule has 3 aromatic rings. The van der Waals surface area contributed by atoms with E-state index in [1.54, 1.807) is 31.2 Å². The lowest BCUT2D eigenvalue weighted by molar-refractivity contribution is -0.122. The number of thiophene rings is 1. The molecule has 2 aromatic carbocycles. The summed E-state index contributed by atoms with van der Waals surface area (Å²) in [5.41, 5.74) is 2.99. The highest BCUT2D eigenvalue weighted by atomic mass is 79.9. The van der Waals surface area contributed by atoms with Gasteiger partial charge in [0, 0.05) is 6.54 Å². The molecule has 0 radical (unpaired) electrons. The quantitative estimate of drug-likeness (QED) is 0.514. The molecule has 3 N–H and O–H groups in total. The molecule has 1 atom stereocenters. The van der Waals surface area contributed by atoms with E-state index in [-0.39, 0.29) is 17.6 Å². The number of hydrogen-bond donors (Lipinski definition) is 3. The van der Waals surface area contributed by atoms with Crippen molar-refractivity contribution in [1.82, 2.24) is 10.6 Å². The van der Waals surface area contributed by atoms with Crippen LogP contribution in [-0.2, 0) is 11.3 Å². The summed E-state index contributed by atoms with van der Waals surface area (Å²) in [5.74, 6) is -0.279. The Hall–Kier alpha value is -2.64. The molecule has 5 nitrogen and oxygen atoms in total. The summed E-state index contributed by atoms with van der Waals surface area (Å²) in [6, 6.07) is 17.7. The van der Waals surface area contributed by atoms with Crippen LogP contribution in [0.2, 0.25) is 0 Å². The number of benzene rings is 2. The molecule has 0 fully saturated rings. The third kappa shape index (κ3) is 5.21. The van der Waals surface area contributed by atoms with Gasteiger partial charge in [-0.3, -0.25) is 9.59 Å². The molecule has 3 rings (SSSR count). The van der Waals surface area contributed by atoms with E-state index in [4.69, 9.17) is 0 Å². The minimum absolute atomic E-state index is 0.232. The Labute approximate surface area is 175 Å². The zero-order valence-corrected chi connectivity index (χ0v) is 17.5. The van der Waals surface area contributed by atoms with Gasteiger partial charge in [0.25, 0.3) is 5.91 Å². The number of phenolic OH excluding ortho intramolecular Hbond substituents is 1. The smallest absolute Gasteiger partial charge is 0.262 e. The topological polar surface area (TPSA) is 78.4 Å². The van der Waals surface area contributed by atoms with E-state index in [0.29, 0.717) is 11.4 Å². The summed E-state index contributed by atoms with van der Waals surface area (Å²) >= 11 is 4.64. The Kier molecular flexibility index (Phi) is 6.49. The predicted octanol–water partition coefficient (Wildman–Crippen LogP) is 4.32. The maximum absolute atomic E-state index is 12.3. The third-order valence-electron chi connectivity index (χ3n) is 4.16. The summed E-state index contributed by atoms with van der Waals surface area (Å²) in [4.78, 5) is 24.9. The number of carbonyl (C=O) groups is 2. The summed E-state index contributed by atoms with van der Waals surface area (Å²) in [5, 5.41) is 14.9. The summed E-state index contributed by atoms with van der Waals surface area (Å²) in [6.07, 6.45) is 0. The van der Waals surface area contributed by atoms with Crippen LogP contribution in [0.3, 0.4) is 0 Å². The van der Waals surface area contributed by atoms with E-state index in [2.05, 4.69) is 26.6 Å². The molecule has 2 amide bonds. The van der Waals surface area contributed by atoms with Crippen LogP contribution in [0.5, 0.6) is 5.75 Å². The molecular formula is C21H19BrN2O3S. The van der Waals surface area contributed by atoms with Crippen molar-refractivity contribution in [1.29, 1.82) is 0 Å². The minimum Gasteiger partial charge on any atom is -0.508 e. The maximum Gasteiger partial charge on any atom is 0.262 e. The number of aromatic hydroxyl groups is 1. The van der Waals surface area contributed by atoms with Gasteiger partial charge in [0.05, 0.1) is 8.66 Å². The first-order chi connectivity index (χ1) is 13.4. The number of amides is 2. The lowest BCUT2D eigenvalue weighted by atomic mass is 10.0. The first-order valence-electron chi connectivity index (χ1n) is 8.64. The second-order valence-corrected chi connectivity index (χ2v) is 8.72. The van der Waals surface area contributed by atoms with Crippen molar-refractivity contribution in [3.8, 4) is 16.9 Å². The Bertz CT molecular complexity index is 968. The molecule has 0 saturated heterocycles. The van der Waals surface area contributed by atoms with E-state index < -0.39 is 6.04 Å². The molecular weight excluding hydrogens is 440 g/mol. The number of rotatable bonds is 6. The highest BCUT2D eigenvalue weighted by Gasteiger charge is 2.17. The van der Waals surface area contributed by atoms with Crippen LogP contribution >= 0.6 is 27.3 Å². The largest absolute Gasteiger partial charge is 0.508 e. The Balaban J connectivity index is 1.52. The van der Waals surface area contributed by atoms with Crippen molar-refractivity contribution in [2.75, 3.05) is 0 Å². The van der Waals surface area contributed by atoms with Crippen molar-refractivity contribution in [2.45, 2.75) is 19.5 Å². The first-order valence-corrected chi connectivity index (χ1v) is 10.3. The molecule has 28 heavy (non-hydrogen) atoms. The van der Waals surface area contributed by atoms with Gasteiger partial charge in [-0.05, 0) is 63.8 Å². The van der Waals surface area contributed by atoms with E-state index >= 15 is 0 Å². The summed E-state index contributed by atoms with van der Waals surface area (Å²) in [7, 11) is 0. The van der Waals surface area contributed by atoms with Gasteiger partial charge in [0.2, 0.25) is 5.91 Å². The molecule has 0 saturated carbocycles. The van der Waals surface area contributed by atoms with E-state index in [1.807, 2.05) is 36.4 Å². The molecule has 0 aliphatic rings. The van der Waals surface area contributed by atoms with Crippen LogP contribution in [0.15, 0.2) is 64.5 Å². The van der Waals surface area contributed by atoms with E-state index in [9.17, 15) is 14.7 Å². The van der Waals surface area contributed by atoms with Crippen molar-refractivity contribution in [3.05, 3.63) is 74.9 Å². The molecule has 0 spiro atoms. The third-order valence-corrected chi connectivity index (χ3v) is 5.78. The molecule has 0 bridgehead atoms. The SMILES string of the molecule is CC(NC(=O)c1ccc(Br)s1)C(=O)NCc1ccc(-c2ccc(O)cc2)cc1. The van der Waals surface area contributed by atoms with Gasteiger partial charge in [-0.15, -0.1) is 11.3 Å². The molecule has 144 valence electrons. The van der Waals surface area contributed by atoms with Crippen molar-refractivity contribution in [2.24, 2.45) is 0 Å². The monoisotopic (exact) mass is 458 g/mol. The minimum atomic E-state index is -0.635. The van der Waals surface area contributed by atoms with Gasteiger partial charge in [0.15, 0.2) is 0 Å². The van der Waals surface area contributed by atoms with Gasteiger partial charge in [-0.1, -0.05) is 36.4 Å². The average Bonchev–Trinajstić information content (AvgIpc) is 3.13. The van der Waals surface area contributed by atoms with E-state index in [0.717, 1.165) is 20.5 Å². The lowest BCUT2D eigenvalue weighted by Gasteiger charge is -2.14. The zero-order valence-electron chi connectivity index (χ0n) is 15.1. The van der Waals surface area contributed by atoms with Crippen molar-refractivity contribution < 1.29 is 14.7 Å². The highest BCUT2D eigenvalue weighted by molar-refractivity contribution is 9.11. The Morgan fingerprint density at radius 2 is 1.61 bits per heavy atom. The van der Waals surface area contributed by atoms with Gasteiger partial charge in [-0.2, -0.15) is 0 Å². The normalized spacial score (nSPS) is 11.6. The number of halogens is 1. The predicted molar refractivity (Wildman–Crippen MR) is 114 cm³/mol. The fourth-order valence-electron chi connectivity index (χ4n) is 2.58. The maximum atomic E-state index is 12.3. The van der Waals surface area contributed by atoms with Crippen LogP contribution < -0.4 is 10.6 Å². The number of phenols is 1. The Morgan fingerprint density at radius 1 is 1.00 bits per heavy atom. The van der Waals surface area contributed by atoms with Gasteiger partial charge >= 0.3 is 0 Å². The number of hydrogen-bond acceptors (Lipinski definition) is 4. The van der Waals surface area contributed by atoms with Crippen LogP contribution in [0, 0.1) is 0 Å². The standard InChI is InChI=1S/C21H19BrN2O3S/c1-13(24-21(27)18-10-11-19(22)28-18)20(26)23-12-14-2-4-15(5-3-14)16-6-8-17(25)9-7-16/h2-11,13,25H,12H2,1H3,(H,23,26)(H,24,27).